The highest BCUT2D eigenvalue weighted by Gasteiger charge is 2.12. The van der Waals surface area contributed by atoms with E-state index in [-0.39, 0.29) is 0 Å². The molecule has 138 valence electrons. The van der Waals surface area contributed by atoms with Crippen LogP contribution in [0.5, 0.6) is 5.75 Å². The number of hydrogen-bond acceptors (Lipinski definition) is 3. The van der Waals surface area contributed by atoms with Gasteiger partial charge in [-0.1, -0.05) is 48.5 Å². The van der Waals surface area contributed by atoms with Crippen LogP contribution in [0.25, 0.3) is 6.08 Å². The highest BCUT2D eigenvalue weighted by atomic mass is 16.5. The molecular weight excluding hydrogens is 320 g/mol. The summed E-state index contributed by atoms with van der Waals surface area (Å²) in [6, 6.07) is 18.8. The normalized spacial score (nSPS) is 16.2. The van der Waals surface area contributed by atoms with E-state index >= 15 is 0 Å². The van der Waals surface area contributed by atoms with Crippen molar-refractivity contribution >= 4 is 6.08 Å². The van der Waals surface area contributed by atoms with Gasteiger partial charge in [0.1, 0.15) is 12.4 Å². The van der Waals surface area contributed by atoms with Crippen molar-refractivity contribution in [3.8, 4) is 5.75 Å². The second-order valence-electron chi connectivity index (χ2n) is 7.02. The van der Waals surface area contributed by atoms with Crippen molar-refractivity contribution in [3.63, 3.8) is 0 Å². The summed E-state index contributed by atoms with van der Waals surface area (Å²) in [5.41, 5.74) is 2.57. The maximum absolute atomic E-state index is 5.87. The third-order valence-electron chi connectivity index (χ3n) is 4.89. The fourth-order valence-electron chi connectivity index (χ4n) is 3.26. The van der Waals surface area contributed by atoms with Crippen molar-refractivity contribution in [2.45, 2.75) is 12.8 Å². The van der Waals surface area contributed by atoms with Crippen LogP contribution >= 0.6 is 0 Å². The molecule has 1 heterocycles. The number of nitrogens with zero attached hydrogens (tertiary/aromatic N) is 2. The summed E-state index contributed by atoms with van der Waals surface area (Å²) in [6.07, 6.45) is 6.49. The average molecular weight is 351 g/mol. The molecule has 1 aliphatic rings. The van der Waals surface area contributed by atoms with Crippen molar-refractivity contribution in [1.82, 2.24) is 9.80 Å². The Bertz CT molecular complexity index is 676. The zero-order valence-corrected chi connectivity index (χ0v) is 15.8. The Morgan fingerprint density at radius 1 is 0.962 bits per heavy atom. The number of hydrogen-bond donors (Lipinski definition) is 0. The van der Waals surface area contributed by atoms with Crippen LogP contribution in [0.15, 0.2) is 60.7 Å². The van der Waals surface area contributed by atoms with Crippen molar-refractivity contribution < 1.29 is 4.74 Å². The molecule has 0 atom stereocenters. The molecule has 3 rings (SSSR count). The van der Waals surface area contributed by atoms with Gasteiger partial charge in [-0.25, -0.2) is 0 Å². The minimum atomic E-state index is 0.597. The van der Waals surface area contributed by atoms with Crippen molar-refractivity contribution in [2.75, 3.05) is 46.4 Å². The molecule has 26 heavy (non-hydrogen) atoms. The van der Waals surface area contributed by atoms with E-state index in [9.17, 15) is 0 Å². The fraction of sp³-hybridized carbons (Fsp3) is 0.391. The van der Waals surface area contributed by atoms with Crippen molar-refractivity contribution in [3.05, 3.63) is 71.8 Å². The van der Waals surface area contributed by atoms with E-state index in [1.54, 1.807) is 0 Å². The standard InChI is InChI=1S/C23H30N2O/c1-24-15-17-25(18-16-24)14-6-11-22-10-5-13-23(20-22)26-19-7-12-21-8-3-2-4-9-21/h2-5,7-10,12-13,20H,6,11,14-19H2,1H3/b12-7+. The topological polar surface area (TPSA) is 15.7 Å². The predicted molar refractivity (Wildman–Crippen MR) is 110 cm³/mol. The maximum Gasteiger partial charge on any atom is 0.120 e. The Morgan fingerprint density at radius 3 is 2.58 bits per heavy atom. The second kappa shape index (κ2) is 10.1. The Labute approximate surface area is 157 Å². The lowest BCUT2D eigenvalue weighted by Gasteiger charge is -2.32. The van der Waals surface area contributed by atoms with Crippen LogP contribution in [0, 0.1) is 0 Å². The van der Waals surface area contributed by atoms with Crippen molar-refractivity contribution in [2.24, 2.45) is 0 Å². The van der Waals surface area contributed by atoms with E-state index in [1.807, 2.05) is 24.3 Å². The van der Waals surface area contributed by atoms with Gasteiger partial charge < -0.3 is 14.5 Å². The van der Waals surface area contributed by atoms with Gasteiger partial charge in [-0.2, -0.15) is 0 Å². The lowest BCUT2D eigenvalue weighted by Crippen LogP contribution is -2.44. The van der Waals surface area contributed by atoms with Gasteiger partial charge >= 0.3 is 0 Å². The fourth-order valence-corrected chi connectivity index (χ4v) is 3.26. The quantitative estimate of drug-likeness (QED) is 0.717. The number of rotatable bonds is 8. The van der Waals surface area contributed by atoms with Gasteiger partial charge in [-0.3, -0.25) is 0 Å². The molecule has 0 unspecified atom stereocenters. The summed E-state index contributed by atoms with van der Waals surface area (Å²) in [5.74, 6) is 0.958. The SMILES string of the molecule is CN1CCN(CCCc2cccc(OC/C=C/c3ccccc3)c2)CC1. The van der Waals surface area contributed by atoms with E-state index in [4.69, 9.17) is 4.74 Å². The molecule has 3 nitrogen and oxygen atoms in total. The first-order valence-electron chi connectivity index (χ1n) is 9.64. The molecule has 1 aliphatic heterocycles. The van der Waals surface area contributed by atoms with Crippen LogP contribution in [-0.4, -0.2) is 56.2 Å². The third kappa shape index (κ3) is 6.32. The number of ether oxygens (including phenoxy) is 1. The molecule has 0 spiro atoms. The molecule has 0 aliphatic carbocycles. The molecule has 2 aromatic carbocycles. The average Bonchev–Trinajstić information content (AvgIpc) is 2.68. The molecule has 0 saturated carbocycles. The van der Waals surface area contributed by atoms with E-state index in [1.165, 1.54) is 50.3 Å². The molecule has 1 saturated heterocycles. The van der Waals surface area contributed by atoms with E-state index < -0.39 is 0 Å². The third-order valence-corrected chi connectivity index (χ3v) is 4.89. The van der Waals surface area contributed by atoms with Crippen LogP contribution in [0.3, 0.4) is 0 Å². The highest BCUT2D eigenvalue weighted by Crippen LogP contribution is 2.15. The minimum Gasteiger partial charge on any atom is -0.490 e. The van der Waals surface area contributed by atoms with Crippen LogP contribution in [0.4, 0.5) is 0 Å². The van der Waals surface area contributed by atoms with Crippen LogP contribution in [0.1, 0.15) is 17.5 Å². The first kappa shape index (κ1) is 18.7. The molecule has 0 radical (unpaired) electrons. The molecule has 0 N–H and O–H groups in total. The monoisotopic (exact) mass is 350 g/mol. The smallest absolute Gasteiger partial charge is 0.120 e. The number of likely N-dealkylation sites (N-methyl/N-ethyl adjacent to an activating group) is 1. The second-order valence-corrected chi connectivity index (χ2v) is 7.02. The lowest BCUT2D eigenvalue weighted by atomic mass is 10.1. The Morgan fingerprint density at radius 2 is 1.77 bits per heavy atom. The van der Waals surface area contributed by atoms with E-state index in [2.05, 4.69) is 59.3 Å². The number of piperazine rings is 1. The van der Waals surface area contributed by atoms with Gasteiger partial charge in [0.15, 0.2) is 0 Å². The number of benzene rings is 2. The van der Waals surface area contributed by atoms with Crippen LogP contribution in [-0.2, 0) is 6.42 Å². The zero-order valence-electron chi connectivity index (χ0n) is 15.8. The molecule has 0 bridgehead atoms. The summed E-state index contributed by atoms with van der Waals surface area (Å²) in [6.45, 7) is 6.58. The summed E-state index contributed by atoms with van der Waals surface area (Å²) in [5, 5.41) is 0. The van der Waals surface area contributed by atoms with Gasteiger partial charge in [0, 0.05) is 26.2 Å². The summed E-state index contributed by atoms with van der Waals surface area (Å²) >= 11 is 0. The lowest BCUT2D eigenvalue weighted by molar-refractivity contribution is 0.153. The summed E-state index contributed by atoms with van der Waals surface area (Å²) in [7, 11) is 2.21. The largest absolute Gasteiger partial charge is 0.490 e. The number of aryl methyl sites for hydroxylation is 1. The summed E-state index contributed by atoms with van der Waals surface area (Å²) < 4.78 is 5.87. The Hall–Kier alpha value is -2.10. The molecule has 1 fully saturated rings. The van der Waals surface area contributed by atoms with Gasteiger partial charge in [0.2, 0.25) is 0 Å². The zero-order chi connectivity index (χ0) is 18.0. The molecule has 3 heteroatoms. The molecule has 0 aromatic heterocycles. The Kier molecular flexibility index (Phi) is 7.29. The van der Waals surface area contributed by atoms with Gasteiger partial charge in [-0.05, 0) is 55.8 Å². The van der Waals surface area contributed by atoms with Crippen LogP contribution < -0.4 is 4.74 Å². The minimum absolute atomic E-state index is 0.597. The van der Waals surface area contributed by atoms with Crippen molar-refractivity contribution in [1.29, 1.82) is 0 Å². The first-order chi connectivity index (χ1) is 12.8. The first-order valence-corrected chi connectivity index (χ1v) is 9.64. The maximum atomic E-state index is 5.87. The van der Waals surface area contributed by atoms with E-state index in [0.717, 1.165) is 12.2 Å². The Balaban J connectivity index is 1.39. The van der Waals surface area contributed by atoms with Crippen LogP contribution in [0.2, 0.25) is 0 Å². The van der Waals surface area contributed by atoms with Gasteiger partial charge in [0.05, 0.1) is 0 Å². The highest BCUT2D eigenvalue weighted by molar-refractivity contribution is 5.48. The van der Waals surface area contributed by atoms with E-state index in [0.29, 0.717) is 6.61 Å². The van der Waals surface area contributed by atoms with Gasteiger partial charge in [-0.15, -0.1) is 0 Å². The summed E-state index contributed by atoms with van der Waals surface area (Å²) in [4.78, 5) is 4.98. The predicted octanol–water partition coefficient (Wildman–Crippen LogP) is 3.96. The van der Waals surface area contributed by atoms with Gasteiger partial charge in [0.25, 0.3) is 0 Å². The molecule has 2 aromatic rings. The molecule has 0 amide bonds. The molecular formula is C23H30N2O.